The number of hydrogen-bond donors (Lipinski definition) is 1. The van der Waals surface area contributed by atoms with E-state index in [9.17, 15) is 4.79 Å². The largest absolute Gasteiger partial charge is 0.316 e. The van der Waals surface area contributed by atoms with Crippen molar-refractivity contribution in [1.29, 1.82) is 0 Å². The van der Waals surface area contributed by atoms with Crippen molar-refractivity contribution < 1.29 is 4.79 Å². The SMILES string of the molecule is O=C(N/N=C/c1cccn1-c1ccc2ccccc2c1)c1cccc(Br)c1. The van der Waals surface area contributed by atoms with E-state index in [0.29, 0.717) is 5.56 Å². The number of carbonyl (C=O) groups is 1. The molecule has 4 aromatic rings. The first-order valence-electron chi connectivity index (χ1n) is 8.46. The second-order valence-corrected chi connectivity index (χ2v) is 6.96. The van der Waals surface area contributed by atoms with Gasteiger partial charge in [-0.25, -0.2) is 5.43 Å². The Morgan fingerprint density at radius 1 is 0.926 bits per heavy atom. The van der Waals surface area contributed by atoms with Gasteiger partial charge in [-0.1, -0.05) is 52.3 Å². The predicted molar refractivity (Wildman–Crippen MR) is 112 cm³/mol. The molecule has 3 aromatic carbocycles. The van der Waals surface area contributed by atoms with E-state index in [0.717, 1.165) is 15.9 Å². The Balaban J connectivity index is 1.54. The van der Waals surface area contributed by atoms with Crippen LogP contribution in [0.25, 0.3) is 16.5 Å². The van der Waals surface area contributed by atoms with Crippen LogP contribution in [0.15, 0.2) is 94.6 Å². The molecule has 0 radical (unpaired) electrons. The van der Waals surface area contributed by atoms with Crippen molar-refractivity contribution in [2.45, 2.75) is 0 Å². The highest BCUT2D eigenvalue weighted by atomic mass is 79.9. The summed E-state index contributed by atoms with van der Waals surface area (Å²) in [5, 5.41) is 6.48. The van der Waals surface area contributed by atoms with Crippen molar-refractivity contribution >= 4 is 38.8 Å². The second kappa shape index (κ2) is 7.60. The van der Waals surface area contributed by atoms with Crippen LogP contribution in [0.5, 0.6) is 0 Å². The van der Waals surface area contributed by atoms with Crippen molar-refractivity contribution in [3.63, 3.8) is 0 Å². The summed E-state index contributed by atoms with van der Waals surface area (Å²) in [4.78, 5) is 12.2. The lowest BCUT2D eigenvalue weighted by atomic mass is 10.1. The van der Waals surface area contributed by atoms with Crippen LogP contribution in [0.4, 0.5) is 0 Å². The van der Waals surface area contributed by atoms with Crippen LogP contribution in [0.3, 0.4) is 0 Å². The first-order valence-corrected chi connectivity index (χ1v) is 9.25. The number of nitrogens with zero attached hydrogens (tertiary/aromatic N) is 2. The van der Waals surface area contributed by atoms with Gasteiger partial charge in [-0.3, -0.25) is 4.79 Å². The molecule has 0 fully saturated rings. The molecule has 27 heavy (non-hydrogen) atoms. The van der Waals surface area contributed by atoms with Crippen LogP contribution < -0.4 is 5.43 Å². The van der Waals surface area contributed by atoms with Crippen molar-refractivity contribution in [2.24, 2.45) is 5.10 Å². The molecular weight excluding hydrogens is 402 g/mol. The van der Waals surface area contributed by atoms with E-state index in [2.05, 4.69) is 56.8 Å². The van der Waals surface area contributed by atoms with Gasteiger partial charge in [0.15, 0.2) is 0 Å². The minimum absolute atomic E-state index is 0.253. The van der Waals surface area contributed by atoms with Crippen LogP contribution in [0, 0.1) is 0 Å². The molecule has 1 amide bonds. The average Bonchev–Trinajstić information content (AvgIpc) is 3.16. The molecule has 0 atom stereocenters. The molecule has 132 valence electrons. The lowest BCUT2D eigenvalue weighted by Gasteiger charge is -2.08. The molecule has 0 bridgehead atoms. The maximum atomic E-state index is 12.2. The number of hydrogen-bond acceptors (Lipinski definition) is 2. The highest BCUT2D eigenvalue weighted by Gasteiger charge is 2.05. The molecule has 0 saturated heterocycles. The molecule has 0 spiro atoms. The Morgan fingerprint density at radius 2 is 1.78 bits per heavy atom. The summed E-state index contributed by atoms with van der Waals surface area (Å²) in [6, 6.07) is 25.6. The van der Waals surface area contributed by atoms with Crippen LogP contribution >= 0.6 is 15.9 Å². The number of fused-ring (bicyclic) bond motifs is 1. The molecule has 5 heteroatoms. The molecule has 4 rings (SSSR count). The third kappa shape index (κ3) is 3.83. The summed E-state index contributed by atoms with van der Waals surface area (Å²) in [6.07, 6.45) is 3.62. The van der Waals surface area contributed by atoms with Gasteiger partial charge in [0.1, 0.15) is 0 Å². The van der Waals surface area contributed by atoms with Gasteiger partial charge in [0.25, 0.3) is 5.91 Å². The van der Waals surface area contributed by atoms with Gasteiger partial charge >= 0.3 is 0 Å². The Bertz CT molecular complexity index is 1150. The number of rotatable bonds is 4. The summed E-state index contributed by atoms with van der Waals surface area (Å²) in [5.74, 6) is -0.253. The van der Waals surface area contributed by atoms with Gasteiger partial charge in [-0.15, -0.1) is 0 Å². The number of carbonyl (C=O) groups excluding carboxylic acids is 1. The van der Waals surface area contributed by atoms with Gasteiger partial charge in [0.05, 0.1) is 11.9 Å². The van der Waals surface area contributed by atoms with E-state index in [-0.39, 0.29) is 5.91 Å². The molecular formula is C22H16BrN3O. The van der Waals surface area contributed by atoms with Gasteiger partial charge in [0, 0.05) is 21.9 Å². The van der Waals surface area contributed by atoms with Gasteiger partial charge in [-0.05, 0) is 53.2 Å². The highest BCUT2D eigenvalue weighted by molar-refractivity contribution is 9.10. The van der Waals surface area contributed by atoms with Crippen molar-refractivity contribution in [1.82, 2.24) is 9.99 Å². The number of benzene rings is 3. The molecule has 1 N–H and O–H groups in total. The van der Waals surface area contributed by atoms with Gasteiger partial charge in [0.2, 0.25) is 0 Å². The summed E-state index contributed by atoms with van der Waals surface area (Å²) in [6.45, 7) is 0. The Kier molecular flexibility index (Phi) is 4.85. The molecule has 0 aliphatic rings. The van der Waals surface area contributed by atoms with Crippen LogP contribution in [0.1, 0.15) is 16.1 Å². The van der Waals surface area contributed by atoms with E-state index in [4.69, 9.17) is 0 Å². The normalized spacial score (nSPS) is 11.1. The Hall–Kier alpha value is -3.18. The van der Waals surface area contributed by atoms with Crippen LogP contribution in [-0.2, 0) is 0 Å². The molecule has 4 nitrogen and oxygen atoms in total. The molecule has 0 saturated carbocycles. The smallest absolute Gasteiger partial charge is 0.271 e. The van der Waals surface area contributed by atoms with Gasteiger partial charge < -0.3 is 4.57 Å². The summed E-state index contributed by atoms with van der Waals surface area (Å²) in [5.41, 5.74) is 5.03. The molecule has 0 aliphatic carbocycles. The lowest BCUT2D eigenvalue weighted by Crippen LogP contribution is -2.17. The van der Waals surface area contributed by atoms with Crippen molar-refractivity contribution in [3.05, 3.63) is 101 Å². The number of halogens is 1. The number of nitrogens with one attached hydrogen (secondary N) is 1. The first-order chi connectivity index (χ1) is 13.2. The minimum Gasteiger partial charge on any atom is -0.316 e. The Morgan fingerprint density at radius 3 is 2.63 bits per heavy atom. The van der Waals surface area contributed by atoms with Crippen molar-refractivity contribution in [2.75, 3.05) is 0 Å². The predicted octanol–water partition coefficient (Wildman–Crippen LogP) is 5.16. The molecule has 1 aromatic heterocycles. The average molecular weight is 418 g/mol. The zero-order chi connectivity index (χ0) is 18.6. The Labute approximate surface area is 165 Å². The van der Waals surface area contributed by atoms with Crippen LogP contribution in [0.2, 0.25) is 0 Å². The maximum Gasteiger partial charge on any atom is 0.271 e. The number of hydrazone groups is 1. The molecule has 1 heterocycles. The van der Waals surface area contributed by atoms with E-state index in [1.54, 1.807) is 18.3 Å². The fraction of sp³-hybridized carbons (Fsp3) is 0. The van der Waals surface area contributed by atoms with Crippen molar-refractivity contribution in [3.8, 4) is 5.69 Å². The number of amides is 1. The third-order valence-corrected chi connectivity index (χ3v) is 4.73. The summed E-state index contributed by atoms with van der Waals surface area (Å²) >= 11 is 3.36. The molecule has 0 unspecified atom stereocenters. The molecule has 0 aliphatic heterocycles. The highest BCUT2D eigenvalue weighted by Crippen LogP contribution is 2.19. The maximum absolute atomic E-state index is 12.2. The van der Waals surface area contributed by atoms with E-state index in [1.807, 2.05) is 47.2 Å². The third-order valence-electron chi connectivity index (χ3n) is 4.24. The first kappa shape index (κ1) is 17.2. The van der Waals surface area contributed by atoms with E-state index >= 15 is 0 Å². The minimum atomic E-state index is -0.253. The number of aromatic nitrogens is 1. The monoisotopic (exact) mass is 417 g/mol. The van der Waals surface area contributed by atoms with E-state index in [1.165, 1.54) is 10.8 Å². The standard InChI is InChI=1S/C22H16BrN3O/c23-19-8-3-7-18(13-19)22(27)25-24-15-21-9-4-12-26(21)20-11-10-16-5-1-2-6-17(16)14-20/h1-15H,(H,25,27)/b24-15+. The van der Waals surface area contributed by atoms with E-state index < -0.39 is 0 Å². The van der Waals surface area contributed by atoms with Crippen LogP contribution in [-0.4, -0.2) is 16.7 Å². The lowest BCUT2D eigenvalue weighted by molar-refractivity contribution is 0.0955. The van der Waals surface area contributed by atoms with Gasteiger partial charge in [-0.2, -0.15) is 5.10 Å². The summed E-state index contributed by atoms with van der Waals surface area (Å²) in [7, 11) is 0. The second-order valence-electron chi connectivity index (χ2n) is 6.04. The fourth-order valence-corrected chi connectivity index (χ4v) is 3.31. The zero-order valence-electron chi connectivity index (χ0n) is 14.3. The summed E-state index contributed by atoms with van der Waals surface area (Å²) < 4.78 is 2.88. The zero-order valence-corrected chi connectivity index (χ0v) is 15.9. The topological polar surface area (TPSA) is 46.4 Å². The fourth-order valence-electron chi connectivity index (χ4n) is 2.91. The quantitative estimate of drug-likeness (QED) is 0.361.